The average molecular weight is 251 g/mol. The second-order valence-corrected chi connectivity index (χ2v) is 4.52. The number of aliphatic hydroxyl groups excluding tert-OH is 2. The third kappa shape index (κ3) is 2.31. The van der Waals surface area contributed by atoms with Crippen molar-refractivity contribution in [2.24, 2.45) is 5.84 Å². The summed E-state index contributed by atoms with van der Waals surface area (Å²) in [5.74, 6) is 5.13. The Morgan fingerprint density at radius 2 is 2.00 bits per heavy atom. The average Bonchev–Trinajstić information content (AvgIpc) is 2.68. The van der Waals surface area contributed by atoms with E-state index >= 15 is 0 Å². The van der Waals surface area contributed by atoms with Gasteiger partial charge in [0.1, 0.15) is 0 Å². The van der Waals surface area contributed by atoms with Crippen molar-refractivity contribution in [2.45, 2.75) is 19.1 Å². The summed E-state index contributed by atoms with van der Waals surface area (Å²) >= 11 is 0. The van der Waals surface area contributed by atoms with Gasteiger partial charge in [0.05, 0.1) is 17.9 Å². The number of aryl methyl sites for hydroxylation is 1. The summed E-state index contributed by atoms with van der Waals surface area (Å²) in [7, 11) is 0. The molecule has 0 spiro atoms. The molecule has 1 fully saturated rings. The maximum Gasteiger partial charge on any atom is 0.254 e. The van der Waals surface area contributed by atoms with E-state index in [1.54, 1.807) is 18.2 Å². The molecule has 18 heavy (non-hydrogen) atoms. The molecule has 1 heterocycles. The van der Waals surface area contributed by atoms with Crippen LogP contribution < -0.4 is 11.3 Å². The largest absolute Gasteiger partial charge is 0.388 e. The van der Waals surface area contributed by atoms with Gasteiger partial charge in [0.2, 0.25) is 0 Å². The molecule has 1 aromatic rings. The number of amides is 1. The van der Waals surface area contributed by atoms with Crippen LogP contribution in [0.5, 0.6) is 0 Å². The highest BCUT2D eigenvalue weighted by atomic mass is 16.3. The Morgan fingerprint density at radius 1 is 1.39 bits per heavy atom. The van der Waals surface area contributed by atoms with Gasteiger partial charge in [-0.05, 0) is 30.7 Å². The molecule has 1 amide bonds. The highest BCUT2D eigenvalue weighted by molar-refractivity contribution is 5.95. The third-order valence-corrected chi connectivity index (χ3v) is 3.18. The molecule has 1 aliphatic heterocycles. The van der Waals surface area contributed by atoms with Gasteiger partial charge >= 0.3 is 0 Å². The second kappa shape index (κ2) is 4.93. The predicted octanol–water partition coefficient (Wildman–Crippen LogP) is -0.542. The van der Waals surface area contributed by atoms with Gasteiger partial charge in [0, 0.05) is 18.7 Å². The van der Waals surface area contributed by atoms with Crippen LogP contribution in [0, 0.1) is 6.92 Å². The zero-order valence-corrected chi connectivity index (χ0v) is 10.1. The number of aliphatic hydroxyl groups is 2. The number of anilines is 1. The second-order valence-electron chi connectivity index (χ2n) is 4.52. The fourth-order valence-corrected chi connectivity index (χ4v) is 2.08. The van der Waals surface area contributed by atoms with E-state index in [0.717, 1.165) is 11.3 Å². The minimum Gasteiger partial charge on any atom is -0.388 e. The molecule has 1 aliphatic rings. The molecule has 2 rings (SSSR count). The number of hydrazine groups is 1. The summed E-state index contributed by atoms with van der Waals surface area (Å²) in [6, 6.07) is 5.13. The number of nitrogens with zero attached hydrogens (tertiary/aromatic N) is 1. The summed E-state index contributed by atoms with van der Waals surface area (Å²) in [5, 5.41) is 18.9. The van der Waals surface area contributed by atoms with Crippen molar-refractivity contribution in [1.82, 2.24) is 4.90 Å². The lowest BCUT2D eigenvalue weighted by Crippen LogP contribution is -2.29. The summed E-state index contributed by atoms with van der Waals surface area (Å²) in [5.41, 5.74) is 4.68. The number of nitrogens with two attached hydrogens (primary N) is 1. The highest BCUT2D eigenvalue weighted by Gasteiger charge is 2.32. The molecule has 0 saturated carbocycles. The van der Waals surface area contributed by atoms with Crippen LogP contribution >= 0.6 is 0 Å². The van der Waals surface area contributed by atoms with Crippen molar-refractivity contribution in [2.75, 3.05) is 18.5 Å². The molecular weight excluding hydrogens is 234 g/mol. The Bertz CT molecular complexity index is 454. The van der Waals surface area contributed by atoms with Gasteiger partial charge in [0.15, 0.2) is 0 Å². The molecule has 2 atom stereocenters. The summed E-state index contributed by atoms with van der Waals surface area (Å²) in [4.78, 5) is 13.6. The van der Waals surface area contributed by atoms with Crippen LogP contribution in [0.25, 0.3) is 0 Å². The van der Waals surface area contributed by atoms with Crippen LogP contribution in [0.15, 0.2) is 18.2 Å². The van der Waals surface area contributed by atoms with Gasteiger partial charge in [-0.1, -0.05) is 0 Å². The Kier molecular flexibility index (Phi) is 3.51. The van der Waals surface area contributed by atoms with E-state index in [9.17, 15) is 15.0 Å². The number of hydrogen-bond donors (Lipinski definition) is 4. The van der Waals surface area contributed by atoms with Gasteiger partial charge < -0.3 is 20.5 Å². The number of benzene rings is 1. The van der Waals surface area contributed by atoms with Crippen molar-refractivity contribution < 1.29 is 15.0 Å². The Hall–Kier alpha value is -1.63. The minimum absolute atomic E-state index is 0.163. The van der Waals surface area contributed by atoms with Crippen molar-refractivity contribution in [3.05, 3.63) is 29.3 Å². The van der Waals surface area contributed by atoms with E-state index in [0.29, 0.717) is 5.56 Å². The lowest BCUT2D eigenvalue weighted by Gasteiger charge is -2.16. The summed E-state index contributed by atoms with van der Waals surface area (Å²) in [6.45, 7) is 2.17. The lowest BCUT2D eigenvalue weighted by atomic mass is 10.1. The third-order valence-electron chi connectivity index (χ3n) is 3.18. The molecule has 1 saturated heterocycles. The number of rotatable bonds is 2. The summed E-state index contributed by atoms with van der Waals surface area (Å²) < 4.78 is 0. The molecule has 0 radical (unpaired) electrons. The molecule has 6 heteroatoms. The van der Waals surface area contributed by atoms with Crippen LogP contribution in [0.1, 0.15) is 15.9 Å². The van der Waals surface area contributed by atoms with Crippen molar-refractivity contribution in [3.63, 3.8) is 0 Å². The fourth-order valence-electron chi connectivity index (χ4n) is 2.08. The molecule has 0 bridgehead atoms. The first-order valence-electron chi connectivity index (χ1n) is 5.75. The Balaban J connectivity index is 2.17. The van der Waals surface area contributed by atoms with Crippen LogP contribution in [0.2, 0.25) is 0 Å². The van der Waals surface area contributed by atoms with Gasteiger partial charge in [-0.15, -0.1) is 0 Å². The monoisotopic (exact) mass is 251 g/mol. The highest BCUT2D eigenvalue weighted by Crippen LogP contribution is 2.19. The number of likely N-dealkylation sites (tertiary alicyclic amines) is 1. The van der Waals surface area contributed by atoms with E-state index in [4.69, 9.17) is 5.84 Å². The lowest BCUT2D eigenvalue weighted by molar-refractivity contribution is 0.0572. The molecule has 98 valence electrons. The number of nitrogens with one attached hydrogen (secondary N) is 1. The minimum atomic E-state index is -0.861. The van der Waals surface area contributed by atoms with Crippen LogP contribution in [0.3, 0.4) is 0 Å². The van der Waals surface area contributed by atoms with Gasteiger partial charge in [-0.25, -0.2) is 0 Å². The van der Waals surface area contributed by atoms with Crippen LogP contribution in [0.4, 0.5) is 5.69 Å². The molecular formula is C12H17N3O3. The van der Waals surface area contributed by atoms with E-state index in [2.05, 4.69) is 5.43 Å². The summed E-state index contributed by atoms with van der Waals surface area (Å²) in [6.07, 6.45) is -1.72. The SMILES string of the molecule is Cc1cc(C(=O)N2CC(O)C(O)C2)ccc1NN. The quantitative estimate of drug-likeness (QED) is 0.418. The Morgan fingerprint density at radius 3 is 2.50 bits per heavy atom. The molecule has 2 unspecified atom stereocenters. The first-order valence-corrected chi connectivity index (χ1v) is 5.75. The Labute approximate surface area is 105 Å². The maximum absolute atomic E-state index is 12.1. The van der Waals surface area contributed by atoms with Gasteiger partial charge in [0.25, 0.3) is 5.91 Å². The standard InChI is InChI=1S/C12H17N3O3/c1-7-4-8(2-3-9(7)14-13)12(18)15-5-10(16)11(17)6-15/h2-4,10-11,14,16-17H,5-6,13H2,1H3. The maximum atomic E-state index is 12.1. The zero-order valence-electron chi connectivity index (χ0n) is 10.1. The zero-order chi connectivity index (χ0) is 13.3. The fraction of sp³-hybridized carbons (Fsp3) is 0.417. The number of carbonyl (C=O) groups is 1. The smallest absolute Gasteiger partial charge is 0.254 e. The first kappa shape index (κ1) is 12.8. The van der Waals surface area contributed by atoms with E-state index in [1.807, 2.05) is 6.92 Å². The normalized spacial score (nSPS) is 23.2. The molecule has 0 aromatic heterocycles. The van der Waals surface area contributed by atoms with Crippen LogP contribution in [-0.4, -0.2) is 46.3 Å². The number of hydrogen-bond acceptors (Lipinski definition) is 5. The van der Waals surface area contributed by atoms with Crippen molar-refractivity contribution in [1.29, 1.82) is 0 Å². The molecule has 5 N–H and O–H groups in total. The van der Waals surface area contributed by atoms with Gasteiger partial charge in [-0.3, -0.25) is 10.6 Å². The van der Waals surface area contributed by atoms with Gasteiger partial charge in [-0.2, -0.15) is 0 Å². The molecule has 1 aromatic carbocycles. The van der Waals surface area contributed by atoms with E-state index in [1.165, 1.54) is 4.90 Å². The molecule has 0 aliphatic carbocycles. The number of carbonyl (C=O) groups excluding carboxylic acids is 1. The van der Waals surface area contributed by atoms with Crippen molar-refractivity contribution in [3.8, 4) is 0 Å². The topological polar surface area (TPSA) is 98.8 Å². The van der Waals surface area contributed by atoms with Crippen molar-refractivity contribution >= 4 is 11.6 Å². The first-order chi connectivity index (χ1) is 8.52. The van der Waals surface area contributed by atoms with E-state index in [-0.39, 0.29) is 19.0 Å². The molecule has 6 nitrogen and oxygen atoms in total. The van der Waals surface area contributed by atoms with E-state index < -0.39 is 12.2 Å². The number of nitrogen functional groups attached to an aromatic ring is 1. The number of β-amino-alcohol motifs (C(OH)–C–C–N with tert-alkyl or cyclic N) is 2. The van der Waals surface area contributed by atoms with Crippen LogP contribution in [-0.2, 0) is 0 Å². The predicted molar refractivity (Wildman–Crippen MR) is 66.9 cm³/mol.